The van der Waals surface area contributed by atoms with Crippen molar-refractivity contribution in [2.75, 3.05) is 20.3 Å². The molecule has 0 spiro atoms. The maximum atomic E-state index is 12.1. The van der Waals surface area contributed by atoms with Gasteiger partial charge in [-0.2, -0.15) is 0 Å². The van der Waals surface area contributed by atoms with Crippen molar-refractivity contribution in [3.63, 3.8) is 0 Å². The zero-order valence-electron chi connectivity index (χ0n) is 14.1. The zero-order valence-corrected chi connectivity index (χ0v) is 14.1. The summed E-state index contributed by atoms with van der Waals surface area (Å²) in [6.07, 6.45) is 0.0633. The minimum absolute atomic E-state index is 0.0203. The van der Waals surface area contributed by atoms with Gasteiger partial charge in [-0.3, -0.25) is 4.79 Å². The van der Waals surface area contributed by atoms with E-state index in [1.165, 1.54) is 7.11 Å². The van der Waals surface area contributed by atoms with Crippen molar-refractivity contribution in [2.45, 2.75) is 40.2 Å². The lowest BCUT2D eigenvalue weighted by molar-refractivity contribution is 0.0868. The third-order valence-corrected chi connectivity index (χ3v) is 3.07. The second-order valence-electron chi connectivity index (χ2n) is 6.43. The van der Waals surface area contributed by atoms with Crippen LogP contribution in [0.2, 0.25) is 0 Å². The molecule has 0 bridgehead atoms. The van der Waals surface area contributed by atoms with E-state index >= 15 is 0 Å². The molecular weight excluding hydrogens is 282 g/mol. The first-order chi connectivity index (χ1) is 10.3. The largest absolute Gasteiger partial charge is 0.493 e. The Bertz CT molecular complexity index is 494. The first kappa shape index (κ1) is 18.3. The van der Waals surface area contributed by atoms with Crippen LogP contribution < -0.4 is 14.8 Å². The Hall–Kier alpha value is -1.75. The molecule has 0 aliphatic carbocycles. The SMILES string of the molecule is CCOc1ccc(C(=O)NC[C@@H](O)CC(C)(C)C)cc1OC. The Morgan fingerprint density at radius 3 is 2.55 bits per heavy atom. The van der Waals surface area contributed by atoms with Crippen molar-refractivity contribution in [1.29, 1.82) is 0 Å². The van der Waals surface area contributed by atoms with Gasteiger partial charge in [0, 0.05) is 12.1 Å². The molecule has 0 heterocycles. The summed E-state index contributed by atoms with van der Waals surface area (Å²) in [7, 11) is 1.53. The average molecular weight is 309 g/mol. The van der Waals surface area contributed by atoms with Crippen molar-refractivity contribution in [3.8, 4) is 11.5 Å². The van der Waals surface area contributed by atoms with E-state index in [0.717, 1.165) is 0 Å². The summed E-state index contributed by atoms with van der Waals surface area (Å²) in [4.78, 5) is 12.1. The second kappa shape index (κ2) is 8.03. The van der Waals surface area contributed by atoms with Crippen molar-refractivity contribution >= 4 is 5.91 Å². The summed E-state index contributed by atoms with van der Waals surface area (Å²) in [5, 5.41) is 12.7. The summed E-state index contributed by atoms with van der Waals surface area (Å²) in [6, 6.07) is 5.03. The van der Waals surface area contributed by atoms with Crippen molar-refractivity contribution in [3.05, 3.63) is 23.8 Å². The van der Waals surface area contributed by atoms with Gasteiger partial charge in [-0.05, 0) is 37.0 Å². The van der Waals surface area contributed by atoms with Crippen molar-refractivity contribution in [2.24, 2.45) is 5.41 Å². The van der Waals surface area contributed by atoms with Gasteiger partial charge in [0.1, 0.15) is 0 Å². The molecule has 0 aromatic heterocycles. The van der Waals surface area contributed by atoms with Gasteiger partial charge in [0.2, 0.25) is 0 Å². The number of methoxy groups -OCH3 is 1. The van der Waals surface area contributed by atoms with Gasteiger partial charge >= 0.3 is 0 Å². The van der Waals surface area contributed by atoms with Crippen LogP contribution in [0.3, 0.4) is 0 Å². The maximum Gasteiger partial charge on any atom is 0.251 e. The first-order valence-corrected chi connectivity index (χ1v) is 7.54. The van der Waals surface area contributed by atoms with Crippen LogP contribution >= 0.6 is 0 Å². The number of aliphatic hydroxyl groups is 1. The van der Waals surface area contributed by atoms with Gasteiger partial charge in [-0.1, -0.05) is 20.8 Å². The van der Waals surface area contributed by atoms with Gasteiger partial charge in [-0.25, -0.2) is 0 Å². The van der Waals surface area contributed by atoms with Gasteiger partial charge in [0.15, 0.2) is 11.5 Å². The highest BCUT2D eigenvalue weighted by Gasteiger charge is 2.18. The molecule has 0 unspecified atom stereocenters. The number of hydrogen-bond donors (Lipinski definition) is 2. The van der Waals surface area contributed by atoms with E-state index in [-0.39, 0.29) is 17.9 Å². The number of benzene rings is 1. The summed E-state index contributed by atoms with van der Waals surface area (Å²) in [5.74, 6) is 0.883. The smallest absolute Gasteiger partial charge is 0.251 e. The maximum absolute atomic E-state index is 12.1. The lowest BCUT2D eigenvalue weighted by atomic mass is 9.89. The fraction of sp³-hybridized carbons (Fsp3) is 0.588. The minimum atomic E-state index is -0.562. The lowest BCUT2D eigenvalue weighted by Crippen LogP contribution is -2.34. The van der Waals surface area contributed by atoms with E-state index < -0.39 is 6.10 Å². The lowest BCUT2D eigenvalue weighted by Gasteiger charge is -2.22. The van der Waals surface area contributed by atoms with Crippen LogP contribution in [0.15, 0.2) is 18.2 Å². The summed E-state index contributed by atoms with van der Waals surface area (Å²) in [6.45, 7) is 8.79. The van der Waals surface area contributed by atoms with E-state index in [9.17, 15) is 9.90 Å². The van der Waals surface area contributed by atoms with Crippen LogP contribution in [0.4, 0.5) is 0 Å². The molecule has 1 amide bonds. The molecule has 0 aliphatic rings. The third kappa shape index (κ3) is 5.93. The highest BCUT2D eigenvalue weighted by atomic mass is 16.5. The molecule has 0 radical (unpaired) electrons. The van der Waals surface area contributed by atoms with Gasteiger partial charge < -0.3 is 19.9 Å². The molecule has 22 heavy (non-hydrogen) atoms. The van der Waals surface area contributed by atoms with Crippen LogP contribution in [0.1, 0.15) is 44.5 Å². The predicted molar refractivity (Wildman–Crippen MR) is 86.6 cm³/mol. The van der Waals surface area contributed by atoms with Crippen molar-refractivity contribution < 1.29 is 19.4 Å². The molecular formula is C17H27NO4. The van der Waals surface area contributed by atoms with E-state index in [1.54, 1.807) is 18.2 Å². The van der Waals surface area contributed by atoms with Crippen LogP contribution in [-0.2, 0) is 0 Å². The average Bonchev–Trinajstić information content (AvgIpc) is 2.43. The number of hydrogen-bond acceptors (Lipinski definition) is 4. The number of carbonyl (C=O) groups is 1. The minimum Gasteiger partial charge on any atom is -0.493 e. The van der Waals surface area contributed by atoms with E-state index in [0.29, 0.717) is 30.1 Å². The third-order valence-electron chi connectivity index (χ3n) is 3.07. The first-order valence-electron chi connectivity index (χ1n) is 7.54. The number of amides is 1. The summed E-state index contributed by atoms with van der Waals surface area (Å²) in [5.41, 5.74) is 0.496. The zero-order chi connectivity index (χ0) is 16.8. The molecule has 2 N–H and O–H groups in total. The standard InChI is InChI=1S/C17H27NO4/c1-6-22-14-8-7-12(9-15(14)21-5)16(20)18-11-13(19)10-17(2,3)4/h7-9,13,19H,6,10-11H2,1-5H3,(H,18,20)/t13-/m0/s1. The number of carbonyl (C=O) groups excluding carboxylic acids is 1. The van der Waals surface area contributed by atoms with Crippen molar-refractivity contribution in [1.82, 2.24) is 5.32 Å². The molecule has 0 aliphatic heterocycles. The molecule has 124 valence electrons. The number of rotatable bonds is 7. The quantitative estimate of drug-likeness (QED) is 0.812. The van der Waals surface area contributed by atoms with E-state index in [1.807, 2.05) is 6.92 Å². The molecule has 5 nitrogen and oxygen atoms in total. The van der Waals surface area contributed by atoms with Gasteiger partial charge in [0.25, 0.3) is 5.91 Å². The number of ether oxygens (including phenoxy) is 2. The Morgan fingerprint density at radius 1 is 1.32 bits per heavy atom. The Balaban J connectivity index is 2.66. The molecule has 0 saturated heterocycles. The summed E-state index contributed by atoms with van der Waals surface area (Å²) >= 11 is 0. The molecule has 0 fully saturated rings. The predicted octanol–water partition coefficient (Wildman–Crippen LogP) is 2.62. The summed E-state index contributed by atoms with van der Waals surface area (Å²) < 4.78 is 10.6. The van der Waals surface area contributed by atoms with Crippen LogP contribution in [0.5, 0.6) is 11.5 Å². The van der Waals surface area contributed by atoms with Crippen LogP contribution in [-0.4, -0.2) is 37.4 Å². The van der Waals surface area contributed by atoms with Crippen LogP contribution in [0.25, 0.3) is 0 Å². The molecule has 1 rings (SSSR count). The monoisotopic (exact) mass is 309 g/mol. The molecule has 1 atom stereocenters. The molecule has 5 heteroatoms. The highest BCUT2D eigenvalue weighted by molar-refractivity contribution is 5.94. The molecule has 0 saturated carbocycles. The Morgan fingerprint density at radius 2 is 2.00 bits per heavy atom. The topological polar surface area (TPSA) is 67.8 Å². The highest BCUT2D eigenvalue weighted by Crippen LogP contribution is 2.28. The second-order valence-corrected chi connectivity index (χ2v) is 6.43. The van der Waals surface area contributed by atoms with E-state index in [4.69, 9.17) is 9.47 Å². The fourth-order valence-electron chi connectivity index (χ4n) is 2.18. The fourth-order valence-corrected chi connectivity index (χ4v) is 2.18. The number of aliphatic hydroxyl groups excluding tert-OH is 1. The van der Waals surface area contributed by atoms with E-state index in [2.05, 4.69) is 26.1 Å². The number of nitrogens with one attached hydrogen (secondary N) is 1. The Labute approximate surface area is 132 Å². The van der Waals surface area contributed by atoms with Gasteiger partial charge in [0.05, 0.1) is 19.8 Å². The normalized spacial score (nSPS) is 12.6. The Kier molecular flexibility index (Phi) is 6.68. The van der Waals surface area contributed by atoms with Gasteiger partial charge in [-0.15, -0.1) is 0 Å². The van der Waals surface area contributed by atoms with Crippen LogP contribution in [0, 0.1) is 5.41 Å². The molecule has 1 aromatic carbocycles. The molecule has 1 aromatic rings.